The second kappa shape index (κ2) is 9.62. The summed E-state index contributed by atoms with van der Waals surface area (Å²) < 4.78 is 5.44. The number of amides is 4. The monoisotopic (exact) mass is 402 g/mol. The number of nitrogens with zero attached hydrogens (tertiary/aromatic N) is 3. The highest BCUT2D eigenvalue weighted by molar-refractivity contribution is 5.92. The molecule has 3 rings (SSSR count). The van der Waals surface area contributed by atoms with E-state index >= 15 is 0 Å². The minimum Gasteiger partial charge on any atom is -0.484 e. The van der Waals surface area contributed by atoms with E-state index < -0.39 is 0 Å². The summed E-state index contributed by atoms with van der Waals surface area (Å²) >= 11 is 0. The first-order valence-electron chi connectivity index (χ1n) is 10.2. The van der Waals surface area contributed by atoms with Crippen LogP contribution in [-0.4, -0.2) is 79.4 Å². The normalized spacial score (nSPS) is 17.2. The molecule has 0 spiro atoms. The topological polar surface area (TPSA) is 82.2 Å². The zero-order chi connectivity index (χ0) is 20.8. The summed E-state index contributed by atoms with van der Waals surface area (Å²) in [5, 5.41) is 2.94. The Kier molecular flexibility index (Phi) is 6.95. The predicted molar refractivity (Wildman–Crippen MR) is 110 cm³/mol. The second-order valence-corrected chi connectivity index (χ2v) is 7.83. The van der Waals surface area contributed by atoms with Crippen molar-refractivity contribution < 1.29 is 19.1 Å². The first-order chi connectivity index (χ1) is 13.9. The number of anilines is 1. The molecule has 8 nitrogen and oxygen atoms in total. The Balaban J connectivity index is 1.43. The zero-order valence-corrected chi connectivity index (χ0v) is 17.2. The molecule has 0 atom stereocenters. The molecule has 2 aliphatic rings. The van der Waals surface area contributed by atoms with E-state index in [2.05, 4.69) is 5.32 Å². The number of carbonyl (C=O) groups is 3. The number of hydrogen-bond acceptors (Lipinski definition) is 4. The lowest BCUT2D eigenvalue weighted by Crippen LogP contribution is -2.47. The van der Waals surface area contributed by atoms with E-state index in [9.17, 15) is 14.4 Å². The van der Waals surface area contributed by atoms with Gasteiger partial charge < -0.3 is 24.8 Å². The van der Waals surface area contributed by atoms with Crippen molar-refractivity contribution in [2.75, 3.05) is 52.2 Å². The Morgan fingerprint density at radius 3 is 2.17 bits per heavy atom. The molecule has 1 N–H and O–H groups in total. The molecule has 0 aliphatic carbocycles. The minimum atomic E-state index is -0.114. The maximum absolute atomic E-state index is 12.6. The molecule has 1 aromatic rings. The second-order valence-electron chi connectivity index (χ2n) is 7.83. The van der Waals surface area contributed by atoms with Crippen LogP contribution in [-0.2, 0) is 9.59 Å². The molecule has 4 amide bonds. The fourth-order valence-electron chi connectivity index (χ4n) is 3.59. The van der Waals surface area contributed by atoms with Gasteiger partial charge in [-0.3, -0.25) is 9.59 Å². The van der Waals surface area contributed by atoms with Gasteiger partial charge in [0.15, 0.2) is 6.61 Å². The van der Waals surface area contributed by atoms with Gasteiger partial charge in [-0.05, 0) is 49.9 Å². The number of piperidine rings is 1. The molecule has 0 bridgehead atoms. The predicted octanol–water partition coefficient (Wildman–Crippen LogP) is 2.02. The molecule has 0 unspecified atom stereocenters. The van der Waals surface area contributed by atoms with E-state index in [0.29, 0.717) is 37.4 Å². The average Bonchev–Trinajstić information content (AvgIpc) is 3.27. The van der Waals surface area contributed by atoms with Crippen molar-refractivity contribution in [1.82, 2.24) is 14.7 Å². The van der Waals surface area contributed by atoms with Gasteiger partial charge >= 0.3 is 6.03 Å². The minimum absolute atomic E-state index is 0.0188. The van der Waals surface area contributed by atoms with Crippen LogP contribution in [0.1, 0.15) is 25.7 Å². The van der Waals surface area contributed by atoms with Gasteiger partial charge in [-0.2, -0.15) is 0 Å². The van der Waals surface area contributed by atoms with Crippen LogP contribution in [0.3, 0.4) is 0 Å². The fourth-order valence-corrected chi connectivity index (χ4v) is 3.59. The molecular formula is C21H30N4O4. The number of urea groups is 1. The zero-order valence-electron chi connectivity index (χ0n) is 17.2. The molecule has 2 saturated heterocycles. The maximum atomic E-state index is 12.6. The van der Waals surface area contributed by atoms with Gasteiger partial charge in [0.05, 0.1) is 0 Å². The van der Waals surface area contributed by atoms with E-state index in [-0.39, 0.29) is 30.4 Å². The lowest BCUT2D eigenvalue weighted by Gasteiger charge is -2.34. The SMILES string of the molecule is CN(C)C(=O)COc1ccc(NC(=O)C2CCN(C(=O)N3CCCC3)CC2)cc1. The highest BCUT2D eigenvalue weighted by Gasteiger charge is 2.30. The van der Waals surface area contributed by atoms with Crippen LogP contribution in [0.4, 0.5) is 10.5 Å². The number of rotatable bonds is 5. The quantitative estimate of drug-likeness (QED) is 0.817. The third-order valence-electron chi connectivity index (χ3n) is 5.50. The Bertz CT molecular complexity index is 721. The highest BCUT2D eigenvalue weighted by atomic mass is 16.5. The number of likely N-dealkylation sites (N-methyl/N-ethyl adjacent to an activating group) is 1. The van der Waals surface area contributed by atoms with Gasteiger partial charge in [-0.1, -0.05) is 0 Å². The number of carbonyl (C=O) groups excluding carboxylic acids is 3. The van der Waals surface area contributed by atoms with Gasteiger partial charge in [0.25, 0.3) is 5.91 Å². The number of hydrogen-bond donors (Lipinski definition) is 1. The largest absolute Gasteiger partial charge is 0.484 e. The third-order valence-corrected chi connectivity index (χ3v) is 5.50. The Morgan fingerprint density at radius 2 is 1.59 bits per heavy atom. The van der Waals surface area contributed by atoms with Crippen molar-refractivity contribution in [3.05, 3.63) is 24.3 Å². The van der Waals surface area contributed by atoms with Crippen molar-refractivity contribution in [2.24, 2.45) is 5.92 Å². The molecule has 0 radical (unpaired) electrons. The Hall–Kier alpha value is -2.77. The van der Waals surface area contributed by atoms with Crippen LogP contribution in [0.5, 0.6) is 5.75 Å². The Labute approximate surface area is 171 Å². The molecule has 158 valence electrons. The summed E-state index contributed by atoms with van der Waals surface area (Å²) in [4.78, 5) is 41.8. The summed E-state index contributed by atoms with van der Waals surface area (Å²) in [5.74, 6) is 0.352. The van der Waals surface area contributed by atoms with Crippen LogP contribution >= 0.6 is 0 Å². The van der Waals surface area contributed by atoms with Crippen LogP contribution in [0.2, 0.25) is 0 Å². The average molecular weight is 402 g/mol. The molecule has 1 aromatic carbocycles. The van der Waals surface area contributed by atoms with Crippen LogP contribution in [0, 0.1) is 5.92 Å². The van der Waals surface area contributed by atoms with E-state index in [1.54, 1.807) is 38.4 Å². The summed E-state index contributed by atoms with van der Waals surface area (Å²) in [6, 6.07) is 7.11. The first kappa shape index (κ1) is 21.0. The molecule has 8 heteroatoms. The maximum Gasteiger partial charge on any atom is 0.319 e. The fraction of sp³-hybridized carbons (Fsp3) is 0.571. The van der Waals surface area contributed by atoms with Crippen LogP contribution < -0.4 is 10.1 Å². The first-order valence-corrected chi connectivity index (χ1v) is 10.2. The lowest BCUT2D eigenvalue weighted by atomic mass is 9.96. The van der Waals surface area contributed by atoms with Crippen molar-refractivity contribution in [2.45, 2.75) is 25.7 Å². The molecule has 2 heterocycles. The Morgan fingerprint density at radius 1 is 1.00 bits per heavy atom. The van der Waals surface area contributed by atoms with Crippen molar-refractivity contribution in [1.29, 1.82) is 0 Å². The summed E-state index contributed by atoms with van der Waals surface area (Å²) in [6.45, 7) is 2.93. The van der Waals surface area contributed by atoms with Gasteiger partial charge in [0.2, 0.25) is 5.91 Å². The molecule has 2 fully saturated rings. The molecule has 2 aliphatic heterocycles. The van der Waals surface area contributed by atoms with Gasteiger partial charge in [0.1, 0.15) is 5.75 Å². The smallest absolute Gasteiger partial charge is 0.319 e. The van der Waals surface area contributed by atoms with E-state index in [4.69, 9.17) is 4.74 Å². The van der Waals surface area contributed by atoms with E-state index in [1.807, 2.05) is 9.80 Å². The van der Waals surface area contributed by atoms with E-state index in [0.717, 1.165) is 25.9 Å². The highest BCUT2D eigenvalue weighted by Crippen LogP contribution is 2.22. The molecule has 0 aromatic heterocycles. The third kappa shape index (κ3) is 5.62. The lowest BCUT2D eigenvalue weighted by molar-refractivity contribution is -0.130. The van der Waals surface area contributed by atoms with E-state index in [1.165, 1.54) is 4.90 Å². The van der Waals surface area contributed by atoms with Gasteiger partial charge in [0, 0.05) is 51.9 Å². The molecule has 29 heavy (non-hydrogen) atoms. The van der Waals surface area contributed by atoms with Gasteiger partial charge in [-0.15, -0.1) is 0 Å². The number of likely N-dealkylation sites (tertiary alicyclic amines) is 2. The summed E-state index contributed by atoms with van der Waals surface area (Å²) in [5.41, 5.74) is 0.692. The standard InChI is InChI=1S/C21H30N4O4/c1-23(2)19(26)15-29-18-7-5-17(6-8-18)22-20(27)16-9-13-25(14-10-16)21(28)24-11-3-4-12-24/h5-8,16H,3-4,9-15H2,1-2H3,(H,22,27). The van der Waals surface area contributed by atoms with Crippen molar-refractivity contribution in [3.63, 3.8) is 0 Å². The number of nitrogens with one attached hydrogen (secondary N) is 1. The van der Waals surface area contributed by atoms with Crippen molar-refractivity contribution in [3.8, 4) is 5.75 Å². The molecular weight excluding hydrogens is 372 g/mol. The van der Waals surface area contributed by atoms with Crippen molar-refractivity contribution >= 4 is 23.5 Å². The van der Waals surface area contributed by atoms with Gasteiger partial charge in [-0.25, -0.2) is 4.79 Å². The summed E-state index contributed by atoms with van der Waals surface area (Å²) in [7, 11) is 3.36. The number of benzene rings is 1. The molecule has 0 saturated carbocycles. The number of ether oxygens (including phenoxy) is 1. The van der Waals surface area contributed by atoms with Crippen LogP contribution in [0.25, 0.3) is 0 Å². The van der Waals surface area contributed by atoms with Crippen LogP contribution in [0.15, 0.2) is 24.3 Å². The summed E-state index contributed by atoms with van der Waals surface area (Å²) in [6.07, 6.45) is 3.53.